The van der Waals surface area contributed by atoms with Crippen molar-refractivity contribution in [1.29, 1.82) is 0 Å². The molecule has 19 heavy (non-hydrogen) atoms. The number of pyridine rings is 1. The van der Waals surface area contributed by atoms with E-state index >= 15 is 0 Å². The average molecular weight is 331 g/mol. The molecule has 0 spiro atoms. The molecule has 2 aromatic carbocycles. The number of rotatable bonds is 2. The van der Waals surface area contributed by atoms with Gasteiger partial charge in [-0.2, -0.15) is 0 Å². The minimum atomic E-state index is 0.789. The van der Waals surface area contributed by atoms with Crippen LogP contribution in [0.25, 0.3) is 10.8 Å². The second-order valence-corrected chi connectivity index (χ2v) is 6.16. The van der Waals surface area contributed by atoms with Crippen molar-refractivity contribution in [3.63, 3.8) is 0 Å². The third kappa shape index (κ3) is 2.60. The molecule has 1 heterocycles. The molecule has 1 aromatic heterocycles. The van der Waals surface area contributed by atoms with E-state index in [0.717, 1.165) is 20.9 Å². The van der Waals surface area contributed by atoms with Crippen LogP contribution in [0.5, 0.6) is 0 Å². The van der Waals surface area contributed by atoms with Crippen molar-refractivity contribution in [3.05, 3.63) is 59.3 Å². The molecular formula is C15H11BrN2S. The number of hydrogen-bond acceptors (Lipinski definition) is 3. The molecule has 0 bridgehead atoms. The van der Waals surface area contributed by atoms with Crippen molar-refractivity contribution < 1.29 is 0 Å². The van der Waals surface area contributed by atoms with E-state index in [1.807, 2.05) is 36.5 Å². The SMILES string of the molecule is Nc1ccc(Sc2ccc(Br)cc2)c2cnccc12. The fourth-order valence-corrected chi connectivity index (χ4v) is 3.11. The summed E-state index contributed by atoms with van der Waals surface area (Å²) < 4.78 is 1.08. The van der Waals surface area contributed by atoms with Crippen LogP contribution >= 0.6 is 27.7 Å². The zero-order valence-corrected chi connectivity index (χ0v) is 12.4. The fourth-order valence-electron chi connectivity index (χ4n) is 1.91. The number of fused-ring (bicyclic) bond motifs is 1. The van der Waals surface area contributed by atoms with Crippen molar-refractivity contribution in [2.75, 3.05) is 5.73 Å². The lowest BCUT2D eigenvalue weighted by Gasteiger charge is -2.08. The number of nitrogens with two attached hydrogens (primary N) is 1. The van der Waals surface area contributed by atoms with E-state index in [1.54, 1.807) is 18.0 Å². The summed E-state index contributed by atoms with van der Waals surface area (Å²) >= 11 is 5.16. The molecule has 0 radical (unpaired) electrons. The van der Waals surface area contributed by atoms with Gasteiger partial charge in [0.25, 0.3) is 0 Å². The summed E-state index contributed by atoms with van der Waals surface area (Å²) in [6.45, 7) is 0. The van der Waals surface area contributed by atoms with Gasteiger partial charge in [-0.15, -0.1) is 0 Å². The van der Waals surface area contributed by atoms with Gasteiger partial charge in [-0.05, 0) is 42.5 Å². The zero-order valence-electron chi connectivity index (χ0n) is 10.0. The summed E-state index contributed by atoms with van der Waals surface area (Å²) in [6, 6.07) is 14.2. The second kappa shape index (κ2) is 5.23. The maximum Gasteiger partial charge on any atom is 0.0395 e. The van der Waals surface area contributed by atoms with E-state index in [2.05, 4.69) is 33.0 Å². The fraction of sp³-hybridized carbons (Fsp3) is 0. The molecule has 0 saturated carbocycles. The summed E-state index contributed by atoms with van der Waals surface area (Å²) in [6.07, 6.45) is 3.64. The zero-order chi connectivity index (χ0) is 13.2. The standard InChI is InChI=1S/C15H11BrN2S/c16-10-1-3-11(4-2-10)19-15-6-5-14(17)12-7-8-18-9-13(12)15/h1-9H,17H2. The first-order valence-electron chi connectivity index (χ1n) is 5.80. The van der Waals surface area contributed by atoms with Gasteiger partial charge in [0.1, 0.15) is 0 Å². The van der Waals surface area contributed by atoms with Crippen LogP contribution in [0.2, 0.25) is 0 Å². The van der Waals surface area contributed by atoms with E-state index < -0.39 is 0 Å². The van der Waals surface area contributed by atoms with Gasteiger partial charge in [-0.1, -0.05) is 27.7 Å². The highest BCUT2D eigenvalue weighted by molar-refractivity contribution is 9.10. The lowest BCUT2D eigenvalue weighted by molar-refractivity contribution is 1.34. The van der Waals surface area contributed by atoms with Gasteiger partial charge in [-0.3, -0.25) is 4.98 Å². The highest BCUT2D eigenvalue weighted by Crippen LogP contribution is 2.35. The average Bonchev–Trinajstić information content (AvgIpc) is 2.45. The molecule has 0 aliphatic carbocycles. The molecule has 0 saturated heterocycles. The maximum absolute atomic E-state index is 6.00. The van der Waals surface area contributed by atoms with Crippen LogP contribution in [0, 0.1) is 0 Å². The summed E-state index contributed by atoms with van der Waals surface area (Å²) in [4.78, 5) is 6.55. The summed E-state index contributed by atoms with van der Waals surface area (Å²) in [5.74, 6) is 0. The molecule has 0 aliphatic heterocycles. The summed E-state index contributed by atoms with van der Waals surface area (Å²) in [7, 11) is 0. The number of nitrogens with zero attached hydrogens (tertiary/aromatic N) is 1. The molecule has 4 heteroatoms. The quantitative estimate of drug-likeness (QED) is 0.690. The lowest BCUT2D eigenvalue weighted by Crippen LogP contribution is -1.88. The monoisotopic (exact) mass is 330 g/mol. The third-order valence-corrected chi connectivity index (χ3v) is 4.47. The van der Waals surface area contributed by atoms with Gasteiger partial charge < -0.3 is 5.73 Å². The van der Waals surface area contributed by atoms with Gasteiger partial charge in [0, 0.05) is 43.1 Å². The van der Waals surface area contributed by atoms with E-state index in [4.69, 9.17) is 5.73 Å². The van der Waals surface area contributed by atoms with Crippen LogP contribution in [0.4, 0.5) is 5.69 Å². The second-order valence-electron chi connectivity index (χ2n) is 4.13. The molecule has 2 nitrogen and oxygen atoms in total. The number of aromatic nitrogens is 1. The minimum Gasteiger partial charge on any atom is -0.398 e. The van der Waals surface area contributed by atoms with Crippen molar-refractivity contribution >= 4 is 44.2 Å². The first-order valence-corrected chi connectivity index (χ1v) is 7.40. The first kappa shape index (κ1) is 12.5. The molecule has 0 amide bonds. The van der Waals surface area contributed by atoms with E-state index in [-0.39, 0.29) is 0 Å². The Morgan fingerprint density at radius 1 is 0.947 bits per heavy atom. The highest BCUT2D eigenvalue weighted by Gasteiger charge is 2.05. The van der Waals surface area contributed by atoms with Gasteiger partial charge in [0.15, 0.2) is 0 Å². The predicted octanol–water partition coefficient (Wildman–Crippen LogP) is 4.73. The van der Waals surface area contributed by atoms with Gasteiger partial charge >= 0.3 is 0 Å². The number of benzene rings is 2. The Bertz CT molecular complexity index is 726. The number of nitrogen functional groups attached to an aromatic ring is 1. The number of anilines is 1. The van der Waals surface area contributed by atoms with Crippen LogP contribution in [-0.4, -0.2) is 4.98 Å². The topological polar surface area (TPSA) is 38.9 Å². The molecule has 0 aliphatic rings. The molecule has 3 aromatic rings. The Labute approximate surface area is 124 Å². The van der Waals surface area contributed by atoms with Crippen LogP contribution < -0.4 is 5.73 Å². The summed E-state index contributed by atoms with van der Waals surface area (Å²) in [5.41, 5.74) is 6.78. The Hall–Kier alpha value is -1.52. The largest absolute Gasteiger partial charge is 0.398 e. The molecule has 3 rings (SSSR count). The molecule has 2 N–H and O–H groups in total. The summed E-state index contributed by atoms with van der Waals surface area (Å²) in [5, 5.41) is 2.15. The Kier molecular flexibility index (Phi) is 3.44. The van der Waals surface area contributed by atoms with Crippen LogP contribution in [0.15, 0.2) is 69.1 Å². The van der Waals surface area contributed by atoms with Crippen LogP contribution in [0.3, 0.4) is 0 Å². The highest BCUT2D eigenvalue weighted by atomic mass is 79.9. The Morgan fingerprint density at radius 3 is 2.53 bits per heavy atom. The Morgan fingerprint density at radius 2 is 1.74 bits per heavy atom. The smallest absolute Gasteiger partial charge is 0.0395 e. The molecule has 0 fully saturated rings. The van der Waals surface area contributed by atoms with Gasteiger partial charge in [0.05, 0.1) is 0 Å². The van der Waals surface area contributed by atoms with Crippen LogP contribution in [-0.2, 0) is 0 Å². The molecule has 0 unspecified atom stereocenters. The molecule has 0 atom stereocenters. The van der Waals surface area contributed by atoms with Crippen LogP contribution in [0.1, 0.15) is 0 Å². The van der Waals surface area contributed by atoms with Crippen molar-refractivity contribution in [2.24, 2.45) is 0 Å². The Balaban J connectivity index is 2.06. The normalized spacial score (nSPS) is 10.8. The minimum absolute atomic E-state index is 0.789. The lowest BCUT2D eigenvalue weighted by atomic mass is 10.1. The van der Waals surface area contributed by atoms with E-state index in [9.17, 15) is 0 Å². The van der Waals surface area contributed by atoms with E-state index in [0.29, 0.717) is 0 Å². The third-order valence-electron chi connectivity index (χ3n) is 2.85. The van der Waals surface area contributed by atoms with Gasteiger partial charge in [0.2, 0.25) is 0 Å². The number of hydrogen-bond donors (Lipinski definition) is 1. The maximum atomic E-state index is 6.00. The first-order chi connectivity index (χ1) is 9.24. The number of halogens is 1. The predicted molar refractivity (Wildman–Crippen MR) is 84.4 cm³/mol. The molecular weight excluding hydrogens is 320 g/mol. The van der Waals surface area contributed by atoms with E-state index in [1.165, 1.54) is 9.79 Å². The van der Waals surface area contributed by atoms with Crippen molar-refractivity contribution in [1.82, 2.24) is 4.98 Å². The van der Waals surface area contributed by atoms with Crippen molar-refractivity contribution in [3.8, 4) is 0 Å². The van der Waals surface area contributed by atoms with Crippen molar-refractivity contribution in [2.45, 2.75) is 9.79 Å². The molecule has 94 valence electrons. The van der Waals surface area contributed by atoms with Gasteiger partial charge in [-0.25, -0.2) is 0 Å².